The van der Waals surface area contributed by atoms with Gasteiger partial charge >= 0.3 is 0 Å². The third-order valence-corrected chi connectivity index (χ3v) is 4.00. The molecule has 3 heteroatoms. The van der Waals surface area contributed by atoms with E-state index >= 15 is 0 Å². The van der Waals surface area contributed by atoms with E-state index in [-0.39, 0.29) is 0 Å². The number of hydrogen-bond acceptors (Lipinski definition) is 1. The van der Waals surface area contributed by atoms with Crippen LogP contribution in [0.15, 0.2) is 42.5 Å². The van der Waals surface area contributed by atoms with Crippen LogP contribution < -0.4 is 0 Å². The van der Waals surface area contributed by atoms with Crippen LogP contribution in [0.3, 0.4) is 0 Å². The van der Waals surface area contributed by atoms with Crippen molar-refractivity contribution in [2.24, 2.45) is 11.8 Å². The number of allylic oxidation sites excluding steroid dienone is 2. The van der Waals surface area contributed by atoms with Gasteiger partial charge in [-0.15, -0.1) is 0 Å². The molecule has 1 aliphatic carbocycles. The molecule has 0 saturated heterocycles. The fraction of sp³-hybridized carbons (Fsp3) is 0.357. The fourth-order valence-corrected chi connectivity index (χ4v) is 3.21. The second-order valence-corrected chi connectivity index (χ2v) is 5.15. The van der Waals surface area contributed by atoms with Gasteiger partial charge in [0, 0.05) is 21.0 Å². The number of halogens is 2. The van der Waals surface area contributed by atoms with Crippen molar-refractivity contribution in [3.63, 3.8) is 0 Å². The van der Waals surface area contributed by atoms with Crippen molar-refractivity contribution in [3.8, 4) is 6.07 Å². The Morgan fingerprint density at radius 1 is 1.53 bits per heavy atom. The monoisotopic (exact) mass is 359 g/mol. The van der Waals surface area contributed by atoms with Gasteiger partial charge < -0.3 is 0 Å². The minimum absolute atomic E-state index is 0.545. The van der Waals surface area contributed by atoms with E-state index < -0.39 is 33.8 Å². The molecule has 1 aromatic carbocycles. The van der Waals surface area contributed by atoms with Crippen molar-refractivity contribution in [2.75, 3.05) is 0 Å². The highest BCUT2D eigenvalue weighted by molar-refractivity contribution is 9.10. The van der Waals surface area contributed by atoms with E-state index in [0.717, 1.165) is 6.08 Å². The smallest absolute Gasteiger partial charge is 0.0701 e. The minimum atomic E-state index is -2.54. The Morgan fingerprint density at radius 3 is 2.88 bits per heavy atom. The van der Waals surface area contributed by atoms with E-state index in [1.165, 1.54) is 0 Å². The van der Waals surface area contributed by atoms with E-state index in [0.29, 0.717) is 5.56 Å². The zero-order chi connectivity index (χ0) is 17.7. The van der Waals surface area contributed by atoms with Crippen LogP contribution in [0.5, 0.6) is 0 Å². The Morgan fingerprint density at radius 2 is 2.24 bits per heavy atom. The summed E-state index contributed by atoms with van der Waals surface area (Å²) in [6.45, 7) is 0. The molecule has 0 bridgehead atoms. The van der Waals surface area contributed by atoms with Crippen LogP contribution in [0.1, 0.15) is 25.0 Å². The van der Waals surface area contributed by atoms with Gasteiger partial charge in [-0.05, 0) is 11.9 Å². The first-order chi connectivity index (χ1) is 10.5. The molecule has 4 unspecified atom stereocenters. The maximum absolute atomic E-state index is 9.47. The molecule has 4 atom stereocenters. The molecule has 0 aliphatic heterocycles. The third-order valence-electron chi connectivity index (χ3n) is 2.39. The molecule has 0 aromatic heterocycles. The molecule has 2 rings (SSSR count). The van der Waals surface area contributed by atoms with Crippen LogP contribution in [0, 0.1) is 23.1 Å². The van der Waals surface area contributed by atoms with E-state index in [4.69, 9.17) is 8.22 Å². The second kappa shape index (κ2) is 5.84. The molecular weight excluding hydrogens is 342 g/mol. The summed E-state index contributed by atoms with van der Waals surface area (Å²) >= 11 is 6.24. The zero-order valence-electron chi connectivity index (χ0n) is 14.7. The first-order valence-corrected chi connectivity index (χ1v) is 6.65. The highest BCUT2D eigenvalue weighted by atomic mass is 79.9. The van der Waals surface area contributed by atoms with E-state index in [9.17, 15) is 5.26 Å². The van der Waals surface area contributed by atoms with E-state index in [1.54, 1.807) is 36.4 Å². The molecule has 1 nitrogen and oxygen atoms in total. The zero-order valence-corrected chi connectivity index (χ0v) is 11.9. The van der Waals surface area contributed by atoms with Crippen molar-refractivity contribution in [1.82, 2.24) is 0 Å². The molecule has 0 radical (unpaired) electrons. The lowest BCUT2D eigenvalue weighted by molar-refractivity contribution is 0.426. The Bertz CT molecular complexity index is 686. The molecular formula is C14H13Br2N. The van der Waals surface area contributed by atoms with Gasteiger partial charge in [0.2, 0.25) is 0 Å². The first kappa shape index (κ1) is 7.11. The maximum Gasteiger partial charge on any atom is 0.0701 e. The summed E-state index contributed by atoms with van der Waals surface area (Å²) in [5, 5.41) is 9.47. The lowest BCUT2D eigenvalue weighted by atomic mass is 9.80. The summed E-state index contributed by atoms with van der Waals surface area (Å²) in [4.78, 5) is -3.37. The largest absolute Gasteiger partial charge is 0.198 e. The first-order valence-electron chi connectivity index (χ1n) is 7.95. The molecule has 0 amide bonds. The van der Waals surface area contributed by atoms with Crippen LogP contribution in [0.25, 0.3) is 0 Å². The van der Waals surface area contributed by atoms with Gasteiger partial charge in [0.05, 0.1) is 14.7 Å². The molecule has 1 aromatic rings. The lowest BCUT2D eigenvalue weighted by Gasteiger charge is -2.32. The van der Waals surface area contributed by atoms with Gasteiger partial charge in [0.15, 0.2) is 0 Å². The van der Waals surface area contributed by atoms with Gasteiger partial charge in [0.1, 0.15) is 0 Å². The van der Waals surface area contributed by atoms with Crippen molar-refractivity contribution in [3.05, 3.63) is 48.0 Å². The summed E-state index contributed by atoms with van der Waals surface area (Å²) in [7, 11) is 0. The average molecular weight is 361 g/mol. The molecule has 17 heavy (non-hydrogen) atoms. The van der Waals surface area contributed by atoms with E-state index in [1.807, 2.05) is 0 Å². The number of rotatable bonds is 2. The Balaban J connectivity index is 2.77. The maximum atomic E-state index is 9.47. The van der Waals surface area contributed by atoms with Gasteiger partial charge in [-0.3, -0.25) is 0 Å². The standard InChI is InChI=1S/C14H13Br2N/c15-12-8-4-7-11(9-17)13(12)14(16)10-5-2-1-3-6-10/h1-7,11-14H,8H2/i4D,8D2,11D,12D,13D. The Labute approximate surface area is 127 Å². The van der Waals surface area contributed by atoms with Crippen molar-refractivity contribution in [2.45, 2.75) is 16.0 Å². The number of hydrogen-bond donors (Lipinski definition) is 0. The van der Waals surface area contributed by atoms with Crippen LogP contribution in [0.4, 0.5) is 0 Å². The highest BCUT2D eigenvalue weighted by Crippen LogP contribution is 2.43. The summed E-state index contributed by atoms with van der Waals surface area (Å²) in [5.41, 5.74) is 0.545. The molecule has 0 fully saturated rings. The quantitative estimate of drug-likeness (QED) is 0.558. The predicted octanol–water partition coefficient (Wildman–Crippen LogP) is 4.60. The third kappa shape index (κ3) is 2.81. The number of nitriles is 1. The average Bonchev–Trinajstić information content (AvgIpc) is 2.52. The number of benzene rings is 1. The van der Waals surface area contributed by atoms with Gasteiger partial charge in [-0.1, -0.05) is 74.3 Å². The fourth-order valence-electron chi connectivity index (χ4n) is 1.56. The summed E-state index contributed by atoms with van der Waals surface area (Å²) in [5.74, 6) is -4.55. The van der Waals surface area contributed by atoms with Crippen LogP contribution >= 0.6 is 31.9 Å². The SMILES string of the molecule is [2H]C1=CC([2H])(C#N)C([2H])(C(Br)c2ccccc2)C([2H])(Br)C1([2H])[2H]. The van der Waals surface area contributed by atoms with Gasteiger partial charge in [-0.25, -0.2) is 0 Å². The number of nitrogens with zero attached hydrogens (tertiary/aromatic N) is 1. The Hall–Kier alpha value is -0.590. The Kier molecular flexibility index (Phi) is 2.44. The summed E-state index contributed by atoms with van der Waals surface area (Å²) in [6, 6.07) is 9.57. The molecule has 0 N–H and O–H groups in total. The molecule has 1 aliphatic rings. The minimum Gasteiger partial charge on any atom is -0.198 e. The lowest BCUT2D eigenvalue weighted by Crippen LogP contribution is -2.28. The predicted molar refractivity (Wildman–Crippen MR) is 77.2 cm³/mol. The molecule has 0 spiro atoms. The summed E-state index contributed by atoms with van der Waals surface area (Å²) in [6.07, 6.45) is -1.72. The van der Waals surface area contributed by atoms with Crippen molar-refractivity contribution >= 4 is 31.9 Å². The second-order valence-electron chi connectivity index (χ2n) is 3.44. The molecule has 0 saturated carbocycles. The van der Waals surface area contributed by atoms with Crippen LogP contribution in [-0.4, -0.2) is 4.80 Å². The normalized spacial score (nSPS) is 51.2. The topological polar surface area (TPSA) is 23.8 Å². The molecule has 88 valence electrons. The van der Waals surface area contributed by atoms with Crippen LogP contribution in [-0.2, 0) is 0 Å². The van der Waals surface area contributed by atoms with Crippen molar-refractivity contribution < 1.29 is 8.22 Å². The van der Waals surface area contributed by atoms with Crippen molar-refractivity contribution in [1.29, 1.82) is 5.26 Å². The van der Waals surface area contributed by atoms with Gasteiger partial charge in [-0.2, -0.15) is 5.26 Å². The highest BCUT2D eigenvalue weighted by Gasteiger charge is 2.34. The number of alkyl halides is 2. The van der Waals surface area contributed by atoms with E-state index in [2.05, 4.69) is 31.9 Å². The van der Waals surface area contributed by atoms with Gasteiger partial charge in [0.25, 0.3) is 0 Å². The molecule has 0 heterocycles. The summed E-state index contributed by atoms with van der Waals surface area (Å²) < 4.78 is 49.5. The van der Waals surface area contributed by atoms with Crippen LogP contribution in [0.2, 0.25) is 0 Å².